The largest absolute Gasteiger partial charge is 1.00 e. The first-order valence-electron chi connectivity index (χ1n) is 6.86. The van der Waals surface area contributed by atoms with Crippen LogP contribution in [-0.4, -0.2) is 46.2 Å². The molecule has 106 valence electrons. The van der Waals surface area contributed by atoms with Gasteiger partial charge in [0.2, 0.25) is 0 Å². The molecule has 0 atom stereocenters. The third kappa shape index (κ3) is 8.60. The van der Waals surface area contributed by atoms with Crippen LogP contribution in [0.4, 0.5) is 0 Å². The van der Waals surface area contributed by atoms with Gasteiger partial charge in [0.25, 0.3) is 0 Å². The topological polar surface area (TPSA) is 29.7 Å². The van der Waals surface area contributed by atoms with Crippen molar-refractivity contribution in [1.82, 2.24) is 4.90 Å². The summed E-state index contributed by atoms with van der Waals surface area (Å²) in [5.74, 6) is 0.929. The third-order valence-electron chi connectivity index (χ3n) is 2.50. The second-order valence-electron chi connectivity index (χ2n) is 6.01. The van der Waals surface area contributed by atoms with Crippen molar-refractivity contribution in [2.24, 2.45) is 4.66 Å². The summed E-state index contributed by atoms with van der Waals surface area (Å²) in [6.07, 6.45) is 1.07. The van der Waals surface area contributed by atoms with Crippen LogP contribution in [0, 0.1) is 0 Å². The van der Waals surface area contributed by atoms with Crippen molar-refractivity contribution in [3.05, 3.63) is 41.2 Å². The molecule has 0 saturated heterocycles. The number of hydrogen-bond acceptors (Lipinski definition) is 2. The van der Waals surface area contributed by atoms with Crippen molar-refractivity contribution >= 4 is 14.1 Å². The molecular formula is C15H26LiN3Si. The number of rotatable bonds is 6. The van der Waals surface area contributed by atoms with Gasteiger partial charge < -0.3 is 14.9 Å². The van der Waals surface area contributed by atoms with Gasteiger partial charge in [-0.05, 0) is 39.2 Å². The Balaban J connectivity index is 0.00000361. The predicted molar refractivity (Wildman–Crippen MR) is 87.7 cm³/mol. The summed E-state index contributed by atoms with van der Waals surface area (Å²) in [4.78, 5) is 2.19. The molecule has 1 rings (SSSR count). The zero-order valence-corrected chi connectivity index (χ0v) is 14.8. The monoisotopic (exact) mass is 283 g/mol. The minimum Gasteiger partial charge on any atom is -0.472 e. The average molecular weight is 283 g/mol. The molecule has 0 fully saturated rings. The Morgan fingerprint density at radius 2 is 1.75 bits per heavy atom. The van der Waals surface area contributed by atoms with Gasteiger partial charge in [-0.15, -0.1) is 0 Å². The fourth-order valence-corrected chi connectivity index (χ4v) is 2.50. The standard InChI is InChI=1S/C15H26N3Si.Li/c1-18(2)13-9-12-16-15(17-19(3,4)5)14-10-7-6-8-11-14;/h6-8,10-11H,9,12-13H2,1-5H3;/q-1;+1. The van der Waals surface area contributed by atoms with Gasteiger partial charge in [-0.1, -0.05) is 55.8 Å². The maximum Gasteiger partial charge on any atom is 1.00 e. The third-order valence-corrected chi connectivity index (χ3v) is 3.38. The Kier molecular flexibility index (Phi) is 9.16. The number of benzene rings is 1. The molecule has 0 saturated carbocycles. The maximum absolute atomic E-state index is 4.87. The maximum atomic E-state index is 4.87. The summed E-state index contributed by atoms with van der Waals surface area (Å²) >= 11 is 0. The van der Waals surface area contributed by atoms with Gasteiger partial charge in [-0.3, -0.25) is 0 Å². The van der Waals surface area contributed by atoms with Crippen molar-refractivity contribution in [2.45, 2.75) is 26.1 Å². The van der Waals surface area contributed by atoms with E-state index in [4.69, 9.17) is 9.97 Å². The minimum atomic E-state index is -1.50. The van der Waals surface area contributed by atoms with Crippen LogP contribution < -0.4 is 18.9 Å². The smallest absolute Gasteiger partial charge is 0.472 e. The van der Waals surface area contributed by atoms with Gasteiger partial charge in [-0.25, -0.2) is 0 Å². The van der Waals surface area contributed by atoms with E-state index in [-0.39, 0.29) is 18.9 Å². The number of nitrogens with zero attached hydrogens (tertiary/aromatic N) is 3. The average Bonchev–Trinajstić information content (AvgIpc) is 2.32. The van der Waals surface area contributed by atoms with E-state index in [1.54, 1.807) is 0 Å². The zero-order chi connectivity index (χ0) is 14.3. The molecule has 0 heterocycles. The molecule has 3 nitrogen and oxygen atoms in total. The Labute approximate surface area is 137 Å². The van der Waals surface area contributed by atoms with E-state index in [0.29, 0.717) is 0 Å². The van der Waals surface area contributed by atoms with Crippen LogP contribution in [-0.2, 0) is 0 Å². The molecule has 0 unspecified atom stereocenters. The molecule has 0 radical (unpaired) electrons. The zero-order valence-electron chi connectivity index (χ0n) is 13.8. The van der Waals surface area contributed by atoms with Crippen LogP contribution in [0.25, 0.3) is 5.32 Å². The molecule has 0 aliphatic heterocycles. The van der Waals surface area contributed by atoms with Crippen LogP contribution in [0.3, 0.4) is 0 Å². The van der Waals surface area contributed by atoms with E-state index in [1.807, 2.05) is 18.2 Å². The van der Waals surface area contributed by atoms with Crippen LogP contribution in [0.1, 0.15) is 12.0 Å². The first-order valence-corrected chi connectivity index (χ1v) is 10.3. The molecule has 1 aromatic rings. The van der Waals surface area contributed by atoms with Crippen molar-refractivity contribution < 1.29 is 18.9 Å². The molecule has 5 heteroatoms. The fraction of sp³-hybridized carbons (Fsp3) is 0.533. The van der Waals surface area contributed by atoms with Crippen LogP contribution in [0.2, 0.25) is 19.6 Å². The van der Waals surface area contributed by atoms with Crippen molar-refractivity contribution in [3.8, 4) is 0 Å². The van der Waals surface area contributed by atoms with Crippen molar-refractivity contribution in [3.63, 3.8) is 0 Å². The summed E-state index contributed by atoms with van der Waals surface area (Å²) in [6.45, 7) is 8.64. The Morgan fingerprint density at radius 3 is 2.25 bits per heavy atom. The predicted octanol–water partition coefficient (Wildman–Crippen LogP) is 0.598. The fourth-order valence-electron chi connectivity index (χ4n) is 1.67. The van der Waals surface area contributed by atoms with Crippen molar-refractivity contribution in [1.29, 1.82) is 0 Å². The van der Waals surface area contributed by atoms with E-state index < -0.39 is 8.24 Å². The SMILES string of the molecule is CN(C)CCC[N-]/C(=N/[Si](C)(C)C)c1ccccc1.[Li+]. The first kappa shape index (κ1) is 19.5. The minimum absolute atomic E-state index is 0. The molecule has 0 amide bonds. The summed E-state index contributed by atoms with van der Waals surface area (Å²) in [6, 6.07) is 10.3. The Hall–Kier alpha value is -0.536. The molecule has 0 aromatic heterocycles. The van der Waals surface area contributed by atoms with Crippen LogP contribution in [0.5, 0.6) is 0 Å². The van der Waals surface area contributed by atoms with Gasteiger partial charge in [0.15, 0.2) is 0 Å². The molecule has 1 aromatic carbocycles. The second-order valence-corrected chi connectivity index (χ2v) is 10.6. The van der Waals surface area contributed by atoms with Gasteiger partial charge >= 0.3 is 18.9 Å². The Morgan fingerprint density at radius 1 is 1.15 bits per heavy atom. The summed E-state index contributed by atoms with van der Waals surface area (Å²) in [5.41, 5.74) is 1.13. The van der Waals surface area contributed by atoms with Gasteiger partial charge in [0.1, 0.15) is 0 Å². The summed E-state index contributed by atoms with van der Waals surface area (Å²) in [7, 11) is 2.68. The Bertz CT molecular complexity index is 399. The van der Waals surface area contributed by atoms with E-state index in [2.05, 4.69) is 50.8 Å². The van der Waals surface area contributed by atoms with Gasteiger partial charge in [-0.2, -0.15) is 0 Å². The normalized spacial score (nSPS) is 12.2. The molecular weight excluding hydrogens is 257 g/mol. The molecule has 0 aliphatic rings. The van der Waals surface area contributed by atoms with E-state index >= 15 is 0 Å². The quantitative estimate of drug-likeness (QED) is 0.325. The van der Waals surface area contributed by atoms with E-state index in [1.165, 1.54) is 0 Å². The second kappa shape index (κ2) is 9.41. The summed E-state index contributed by atoms with van der Waals surface area (Å²) < 4.78 is 4.87. The number of amidine groups is 1. The molecule has 0 N–H and O–H groups in total. The van der Waals surface area contributed by atoms with Crippen molar-refractivity contribution in [2.75, 3.05) is 27.2 Å². The molecule has 0 aliphatic carbocycles. The van der Waals surface area contributed by atoms with Crippen LogP contribution in [0.15, 0.2) is 35.0 Å². The van der Waals surface area contributed by atoms with Gasteiger partial charge in [0.05, 0.1) is 0 Å². The van der Waals surface area contributed by atoms with Gasteiger partial charge in [0, 0.05) is 8.24 Å². The van der Waals surface area contributed by atoms with E-state index in [9.17, 15) is 0 Å². The van der Waals surface area contributed by atoms with E-state index in [0.717, 1.165) is 30.9 Å². The number of hydrogen-bond donors (Lipinski definition) is 0. The molecule has 0 spiro atoms. The summed E-state index contributed by atoms with van der Waals surface area (Å²) in [5, 5.41) is 4.71. The molecule has 0 bridgehead atoms. The van der Waals surface area contributed by atoms with Crippen LogP contribution >= 0.6 is 0 Å². The molecule has 20 heavy (non-hydrogen) atoms. The first-order chi connectivity index (χ1) is 8.88.